The van der Waals surface area contributed by atoms with Gasteiger partial charge in [-0.15, -0.1) is 0 Å². The molecule has 166 valence electrons. The molecule has 9 heteroatoms. The number of aryl methyl sites for hydroxylation is 1. The van der Waals surface area contributed by atoms with E-state index in [0.717, 1.165) is 29.6 Å². The lowest BCUT2D eigenvalue weighted by Gasteiger charge is -2.34. The molecular weight excluding hydrogens is 416 g/mol. The zero-order chi connectivity index (χ0) is 22.4. The van der Waals surface area contributed by atoms with Crippen molar-refractivity contribution in [2.24, 2.45) is 0 Å². The highest BCUT2D eigenvalue weighted by Crippen LogP contribution is 2.41. The fraction of sp³-hybridized carbons (Fsp3) is 0.333. The molecule has 0 spiro atoms. The lowest BCUT2D eigenvalue weighted by atomic mass is 10.1. The Hall–Kier alpha value is -3.88. The molecule has 1 aliphatic heterocycles. The molecule has 4 aromatic rings. The first-order valence-corrected chi connectivity index (χ1v) is 11.3. The van der Waals surface area contributed by atoms with Gasteiger partial charge in [0, 0.05) is 56.4 Å². The third-order valence-corrected chi connectivity index (χ3v) is 6.33. The first-order valence-electron chi connectivity index (χ1n) is 11.3. The molecule has 0 radical (unpaired) electrons. The van der Waals surface area contributed by atoms with Gasteiger partial charge in [0.1, 0.15) is 0 Å². The van der Waals surface area contributed by atoms with E-state index >= 15 is 0 Å². The van der Waals surface area contributed by atoms with Gasteiger partial charge < -0.3 is 9.80 Å². The van der Waals surface area contributed by atoms with E-state index in [4.69, 9.17) is 10.1 Å². The smallest absolute Gasteiger partial charge is 0.254 e. The van der Waals surface area contributed by atoms with E-state index < -0.39 is 0 Å². The van der Waals surface area contributed by atoms with E-state index in [9.17, 15) is 4.79 Å². The molecule has 4 aromatic heterocycles. The minimum absolute atomic E-state index is 0.0293. The van der Waals surface area contributed by atoms with Gasteiger partial charge in [-0.2, -0.15) is 9.78 Å². The van der Waals surface area contributed by atoms with Gasteiger partial charge in [-0.3, -0.25) is 4.79 Å². The minimum atomic E-state index is 0.0293. The summed E-state index contributed by atoms with van der Waals surface area (Å²) in [6, 6.07) is 9.51. The van der Waals surface area contributed by atoms with Gasteiger partial charge >= 0.3 is 0 Å². The zero-order valence-corrected chi connectivity index (χ0v) is 18.4. The summed E-state index contributed by atoms with van der Waals surface area (Å²) in [6.45, 7) is 4.57. The van der Waals surface area contributed by atoms with E-state index in [1.807, 2.05) is 42.2 Å². The quantitative estimate of drug-likeness (QED) is 0.482. The van der Waals surface area contributed by atoms with Gasteiger partial charge in [0.05, 0.1) is 16.6 Å². The highest BCUT2D eigenvalue weighted by atomic mass is 16.2. The van der Waals surface area contributed by atoms with Crippen LogP contribution in [0.4, 0.5) is 5.95 Å². The molecule has 0 bridgehead atoms. The standard InChI is InChI=1S/C24H24N8O/c1-16-21-18(23(33)30-11-13-31(14-12-30)24-26-9-4-10-27-24)15-19(17-6-7-17)28-22(21)32(29-16)20-5-2-3-8-25-20/h2-5,8-10,15,17H,6-7,11-14H2,1H3. The van der Waals surface area contributed by atoms with Crippen molar-refractivity contribution in [3.8, 4) is 5.82 Å². The molecule has 0 N–H and O–H groups in total. The molecule has 6 rings (SSSR count). The summed E-state index contributed by atoms with van der Waals surface area (Å²) in [4.78, 5) is 35.9. The maximum atomic E-state index is 13.7. The summed E-state index contributed by atoms with van der Waals surface area (Å²) in [5.41, 5.74) is 3.14. The van der Waals surface area contributed by atoms with Gasteiger partial charge in [-0.05, 0) is 44.0 Å². The third kappa shape index (κ3) is 3.59. The number of carbonyl (C=O) groups is 1. The Bertz CT molecular complexity index is 1310. The van der Waals surface area contributed by atoms with Crippen LogP contribution in [0.3, 0.4) is 0 Å². The second-order valence-corrected chi connectivity index (χ2v) is 8.58. The maximum Gasteiger partial charge on any atom is 0.254 e. The minimum Gasteiger partial charge on any atom is -0.337 e. The molecule has 9 nitrogen and oxygen atoms in total. The summed E-state index contributed by atoms with van der Waals surface area (Å²) in [7, 11) is 0. The SMILES string of the molecule is Cc1nn(-c2ccccn2)c2nc(C3CC3)cc(C(=O)N3CCN(c4ncccn4)CC3)c12. The Kier molecular flexibility index (Phi) is 4.74. The molecule has 0 aromatic carbocycles. The van der Waals surface area contributed by atoms with Crippen molar-refractivity contribution < 1.29 is 4.79 Å². The van der Waals surface area contributed by atoms with Crippen molar-refractivity contribution in [3.63, 3.8) is 0 Å². The van der Waals surface area contributed by atoms with Crippen LogP contribution in [0.5, 0.6) is 0 Å². The Balaban J connectivity index is 1.36. The maximum absolute atomic E-state index is 13.7. The van der Waals surface area contributed by atoms with Gasteiger partial charge in [0.2, 0.25) is 5.95 Å². The first-order chi connectivity index (χ1) is 16.2. The molecule has 1 saturated heterocycles. The van der Waals surface area contributed by atoms with Crippen LogP contribution in [0, 0.1) is 6.92 Å². The van der Waals surface area contributed by atoms with Gasteiger partial charge in [-0.25, -0.2) is 19.9 Å². The number of carbonyl (C=O) groups excluding carboxylic acids is 1. The van der Waals surface area contributed by atoms with Crippen molar-refractivity contribution in [2.45, 2.75) is 25.7 Å². The van der Waals surface area contributed by atoms with E-state index in [1.54, 1.807) is 23.3 Å². The summed E-state index contributed by atoms with van der Waals surface area (Å²) >= 11 is 0. The van der Waals surface area contributed by atoms with E-state index in [1.165, 1.54) is 0 Å². The lowest BCUT2D eigenvalue weighted by molar-refractivity contribution is 0.0748. The molecule has 1 aliphatic carbocycles. The molecule has 33 heavy (non-hydrogen) atoms. The van der Waals surface area contributed by atoms with Crippen LogP contribution in [0.25, 0.3) is 16.9 Å². The van der Waals surface area contributed by atoms with Crippen molar-refractivity contribution in [2.75, 3.05) is 31.1 Å². The van der Waals surface area contributed by atoms with E-state index in [2.05, 4.69) is 19.9 Å². The predicted octanol–water partition coefficient (Wildman–Crippen LogP) is 2.75. The van der Waals surface area contributed by atoms with E-state index in [-0.39, 0.29) is 5.91 Å². The Morgan fingerprint density at radius 2 is 1.73 bits per heavy atom. The number of aromatic nitrogens is 6. The highest BCUT2D eigenvalue weighted by Gasteiger charge is 2.31. The number of amides is 1. The third-order valence-electron chi connectivity index (χ3n) is 6.33. The number of pyridine rings is 2. The average Bonchev–Trinajstić information content (AvgIpc) is 3.68. The Labute approximate surface area is 191 Å². The molecule has 1 saturated carbocycles. The molecule has 2 aliphatic rings. The van der Waals surface area contributed by atoms with Crippen molar-refractivity contribution in [3.05, 3.63) is 65.9 Å². The first kappa shape index (κ1) is 19.8. The van der Waals surface area contributed by atoms with Gasteiger partial charge in [0.25, 0.3) is 5.91 Å². The van der Waals surface area contributed by atoms with Crippen LogP contribution in [0.15, 0.2) is 48.9 Å². The van der Waals surface area contributed by atoms with Crippen molar-refractivity contribution >= 4 is 22.9 Å². The summed E-state index contributed by atoms with van der Waals surface area (Å²) in [5, 5.41) is 5.53. The molecule has 2 fully saturated rings. The largest absolute Gasteiger partial charge is 0.337 e. The lowest BCUT2D eigenvalue weighted by Crippen LogP contribution is -2.49. The average molecular weight is 441 g/mol. The van der Waals surface area contributed by atoms with Crippen LogP contribution in [-0.2, 0) is 0 Å². The normalized spacial score (nSPS) is 16.4. The monoisotopic (exact) mass is 440 g/mol. The fourth-order valence-electron chi connectivity index (χ4n) is 4.44. The van der Waals surface area contributed by atoms with E-state index in [0.29, 0.717) is 55.1 Å². The summed E-state index contributed by atoms with van der Waals surface area (Å²) < 4.78 is 1.76. The van der Waals surface area contributed by atoms with Crippen molar-refractivity contribution in [1.29, 1.82) is 0 Å². The molecule has 5 heterocycles. The number of anilines is 1. The summed E-state index contributed by atoms with van der Waals surface area (Å²) in [5.74, 6) is 1.85. The predicted molar refractivity (Wildman–Crippen MR) is 124 cm³/mol. The van der Waals surface area contributed by atoms with Crippen LogP contribution in [-0.4, -0.2) is 66.7 Å². The molecule has 0 unspecified atom stereocenters. The van der Waals surface area contributed by atoms with Crippen LogP contribution in [0.1, 0.15) is 40.5 Å². The molecule has 0 atom stereocenters. The van der Waals surface area contributed by atoms with Crippen LogP contribution in [0.2, 0.25) is 0 Å². The number of fused-ring (bicyclic) bond motifs is 1. The topological polar surface area (TPSA) is 92.9 Å². The fourth-order valence-corrected chi connectivity index (χ4v) is 4.44. The Morgan fingerprint density at radius 1 is 0.970 bits per heavy atom. The van der Waals surface area contributed by atoms with Crippen LogP contribution >= 0.6 is 0 Å². The van der Waals surface area contributed by atoms with Crippen LogP contribution < -0.4 is 4.90 Å². The number of hydrogen-bond acceptors (Lipinski definition) is 7. The number of nitrogens with zero attached hydrogens (tertiary/aromatic N) is 8. The number of hydrogen-bond donors (Lipinski definition) is 0. The molecule has 1 amide bonds. The van der Waals surface area contributed by atoms with Gasteiger partial charge in [0.15, 0.2) is 11.5 Å². The van der Waals surface area contributed by atoms with Crippen molar-refractivity contribution in [1.82, 2.24) is 34.6 Å². The second kappa shape index (κ2) is 7.91. The highest BCUT2D eigenvalue weighted by molar-refractivity contribution is 6.07. The number of rotatable bonds is 4. The second-order valence-electron chi connectivity index (χ2n) is 8.58. The zero-order valence-electron chi connectivity index (χ0n) is 18.4. The Morgan fingerprint density at radius 3 is 2.42 bits per heavy atom. The summed E-state index contributed by atoms with van der Waals surface area (Å²) in [6.07, 6.45) is 7.45. The number of piperazine rings is 1. The van der Waals surface area contributed by atoms with Gasteiger partial charge in [-0.1, -0.05) is 6.07 Å². The molecular formula is C24H24N8O.